The average Bonchev–Trinajstić information content (AvgIpc) is 2.92. The Bertz CT molecular complexity index is 540. The van der Waals surface area contributed by atoms with Crippen molar-refractivity contribution in [2.45, 2.75) is 18.8 Å². The summed E-state index contributed by atoms with van der Waals surface area (Å²) in [7, 11) is 0. The Labute approximate surface area is 111 Å². The van der Waals surface area contributed by atoms with Crippen molar-refractivity contribution in [3.05, 3.63) is 58.3 Å². The van der Waals surface area contributed by atoms with Gasteiger partial charge in [-0.2, -0.15) is 5.26 Å². The van der Waals surface area contributed by atoms with E-state index in [4.69, 9.17) is 5.26 Å². The van der Waals surface area contributed by atoms with Gasteiger partial charge in [0, 0.05) is 11.3 Å². The van der Waals surface area contributed by atoms with E-state index >= 15 is 0 Å². The second-order valence-electron chi connectivity index (χ2n) is 4.03. The molecule has 1 aromatic heterocycles. The van der Waals surface area contributed by atoms with E-state index in [0.717, 1.165) is 10.4 Å². The van der Waals surface area contributed by atoms with E-state index in [1.807, 2.05) is 47.8 Å². The number of rotatable bonds is 5. The molecule has 3 heteroatoms. The van der Waals surface area contributed by atoms with Crippen LogP contribution in [0.5, 0.6) is 0 Å². The van der Waals surface area contributed by atoms with Crippen LogP contribution >= 0.6 is 11.3 Å². The van der Waals surface area contributed by atoms with Gasteiger partial charge in [0.15, 0.2) is 5.78 Å². The van der Waals surface area contributed by atoms with E-state index in [9.17, 15) is 4.79 Å². The van der Waals surface area contributed by atoms with Gasteiger partial charge in [0.05, 0.1) is 6.07 Å². The second-order valence-corrected chi connectivity index (χ2v) is 5.01. The minimum Gasteiger partial charge on any atom is -0.298 e. The molecule has 0 saturated carbocycles. The first-order valence-electron chi connectivity index (χ1n) is 5.81. The summed E-state index contributed by atoms with van der Waals surface area (Å²) in [6, 6.07) is 15.7. The van der Waals surface area contributed by atoms with Crippen LogP contribution in [-0.2, 0) is 11.2 Å². The van der Waals surface area contributed by atoms with Gasteiger partial charge in [-0.1, -0.05) is 36.4 Å². The molecule has 2 nitrogen and oxygen atoms in total. The highest BCUT2D eigenvalue weighted by molar-refractivity contribution is 7.10. The Balaban J connectivity index is 1.98. The standard InChI is InChI=1S/C15H13NOS/c16-11-13(15-7-4-10-18-15)14(17)9-8-12-5-2-1-3-6-12/h1-7,10,13H,8-9H2. The van der Waals surface area contributed by atoms with Crippen molar-refractivity contribution in [1.29, 1.82) is 5.26 Å². The van der Waals surface area contributed by atoms with Crippen molar-refractivity contribution in [1.82, 2.24) is 0 Å². The Hall–Kier alpha value is -1.92. The summed E-state index contributed by atoms with van der Waals surface area (Å²) in [5.41, 5.74) is 1.13. The predicted molar refractivity (Wildman–Crippen MR) is 72.4 cm³/mol. The van der Waals surface area contributed by atoms with Gasteiger partial charge in [0.1, 0.15) is 5.92 Å². The van der Waals surface area contributed by atoms with Crippen molar-refractivity contribution in [3.63, 3.8) is 0 Å². The fraction of sp³-hybridized carbons (Fsp3) is 0.200. The van der Waals surface area contributed by atoms with Gasteiger partial charge in [0.25, 0.3) is 0 Å². The molecular formula is C15H13NOS. The number of carbonyl (C=O) groups excluding carboxylic acids is 1. The van der Waals surface area contributed by atoms with Gasteiger partial charge >= 0.3 is 0 Å². The third-order valence-corrected chi connectivity index (χ3v) is 3.72. The second kappa shape index (κ2) is 6.13. The van der Waals surface area contributed by atoms with Crippen LogP contribution in [0.25, 0.3) is 0 Å². The maximum absolute atomic E-state index is 12.0. The molecule has 1 unspecified atom stereocenters. The summed E-state index contributed by atoms with van der Waals surface area (Å²) in [6.45, 7) is 0. The molecule has 0 saturated heterocycles. The van der Waals surface area contributed by atoms with Gasteiger partial charge < -0.3 is 0 Å². The molecule has 0 spiro atoms. The number of carbonyl (C=O) groups is 1. The molecule has 1 atom stereocenters. The van der Waals surface area contributed by atoms with Crippen LogP contribution in [0, 0.1) is 11.3 Å². The van der Waals surface area contributed by atoms with Gasteiger partial charge in [-0.25, -0.2) is 0 Å². The normalized spacial score (nSPS) is 11.7. The van der Waals surface area contributed by atoms with Crippen molar-refractivity contribution in [2.75, 3.05) is 0 Å². The number of nitriles is 1. The van der Waals surface area contributed by atoms with Gasteiger partial charge in [-0.3, -0.25) is 4.79 Å². The van der Waals surface area contributed by atoms with E-state index in [-0.39, 0.29) is 5.78 Å². The molecule has 1 heterocycles. The number of aryl methyl sites for hydroxylation is 1. The molecule has 0 bridgehead atoms. The van der Waals surface area contributed by atoms with E-state index in [1.54, 1.807) is 0 Å². The minimum absolute atomic E-state index is 0.00352. The first-order valence-corrected chi connectivity index (χ1v) is 6.69. The summed E-state index contributed by atoms with van der Waals surface area (Å²) in [6.07, 6.45) is 1.11. The maximum Gasteiger partial charge on any atom is 0.155 e. The first kappa shape index (κ1) is 12.5. The lowest BCUT2D eigenvalue weighted by molar-refractivity contribution is -0.119. The average molecular weight is 255 g/mol. The lowest BCUT2D eigenvalue weighted by Gasteiger charge is -2.05. The lowest BCUT2D eigenvalue weighted by atomic mass is 9.98. The maximum atomic E-state index is 12.0. The summed E-state index contributed by atoms with van der Waals surface area (Å²) < 4.78 is 0. The first-order chi connectivity index (χ1) is 8.81. The number of benzene rings is 1. The molecule has 0 N–H and O–H groups in total. The minimum atomic E-state index is -0.603. The van der Waals surface area contributed by atoms with Crippen molar-refractivity contribution >= 4 is 17.1 Å². The van der Waals surface area contributed by atoms with Crippen LogP contribution < -0.4 is 0 Å². The van der Waals surface area contributed by atoms with Crippen molar-refractivity contribution < 1.29 is 4.79 Å². The zero-order valence-electron chi connectivity index (χ0n) is 9.87. The van der Waals surface area contributed by atoms with Crippen molar-refractivity contribution in [2.24, 2.45) is 0 Å². The Kier molecular flexibility index (Phi) is 4.27. The Morgan fingerprint density at radius 1 is 1.22 bits per heavy atom. The van der Waals surface area contributed by atoms with Crippen molar-refractivity contribution in [3.8, 4) is 6.07 Å². The Morgan fingerprint density at radius 2 is 2.00 bits per heavy atom. The fourth-order valence-electron chi connectivity index (χ4n) is 1.81. The van der Waals surface area contributed by atoms with Crippen LogP contribution in [0.2, 0.25) is 0 Å². The molecule has 0 radical (unpaired) electrons. The molecule has 1 aromatic carbocycles. The summed E-state index contributed by atoms with van der Waals surface area (Å²) in [5.74, 6) is -0.600. The monoisotopic (exact) mass is 255 g/mol. The third kappa shape index (κ3) is 3.06. The molecule has 0 aliphatic rings. The van der Waals surface area contributed by atoms with E-state index in [0.29, 0.717) is 12.8 Å². The van der Waals surface area contributed by atoms with Gasteiger partial charge in [0.2, 0.25) is 0 Å². The Morgan fingerprint density at radius 3 is 2.61 bits per heavy atom. The highest BCUT2D eigenvalue weighted by Gasteiger charge is 2.20. The molecule has 90 valence electrons. The number of hydrogen-bond acceptors (Lipinski definition) is 3. The molecular weight excluding hydrogens is 242 g/mol. The zero-order valence-corrected chi connectivity index (χ0v) is 10.7. The van der Waals surface area contributed by atoms with E-state index < -0.39 is 5.92 Å². The van der Waals surface area contributed by atoms with Gasteiger partial charge in [-0.15, -0.1) is 11.3 Å². The molecule has 0 aliphatic carbocycles. The quantitative estimate of drug-likeness (QED) is 0.819. The summed E-state index contributed by atoms with van der Waals surface area (Å²) in [5, 5.41) is 11.0. The van der Waals surface area contributed by atoms with E-state index in [1.165, 1.54) is 11.3 Å². The number of nitrogens with zero attached hydrogens (tertiary/aromatic N) is 1. The van der Waals surface area contributed by atoms with Crippen LogP contribution in [0.4, 0.5) is 0 Å². The molecule has 0 aliphatic heterocycles. The molecule has 0 amide bonds. The lowest BCUT2D eigenvalue weighted by Crippen LogP contribution is -2.10. The summed E-state index contributed by atoms with van der Waals surface area (Å²) in [4.78, 5) is 12.9. The zero-order chi connectivity index (χ0) is 12.8. The van der Waals surface area contributed by atoms with Gasteiger partial charge in [-0.05, 0) is 23.4 Å². The summed E-state index contributed by atoms with van der Waals surface area (Å²) >= 11 is 1.46. The molecule has 0 fully saturated rings. The highest BCUT2D eigenvalue weighted by atomic mass is 32.1. The van der Waals surface area contributed by atoms with Crippen LogP contribution in [0.1, 0.15) is 22.8 Å². The largest absolute Gasteiger partial charge is 0.298 e. The number of thiophene rings is 1. The highest BCUT2D eigenvalue weighted by Crippen LogP contribution is 2.23. The number of ketones is 1. The predicted octanol–water partition coefficient (Wildman–Crippen LogP) is 3.56. The van der Waals surface area contributed by atoms with Crippen LogP contribution in [0.3, 0.4) is 0 Å². The van der Waals surface area contributed by atoms with Crippen LogP contribution in [0.15, 0.2) is 47.8 Å². The molecule has 2 aromatic rings. The topological polar surface area (TPSA) is 40.9 Å². The molecule has 2 rings (SSSR count). The smallest absolute Gasteiger partial charge is 0.155 e. The van der Waals surface area contributed by atoms with Crippen LogP contribution in [-0.4, -0.2) is 5.78 Å². The molecule has 18 heavy (non-hydrogen) atoms. The SMILES string of the molecule is N#CC(C(=O)CCc1ccccc1)c1cccs1. The number of Topliss-reactive ketones (excluding diaryl/α,β-unsaturated/α-hetero) is 1. The third-order valence-electron chi connectivity index (χ3n) is 2.78. The number of hydrogen-bond donors (Lipinski definition) is 0. The fourth-order valence-corrected chi connectivity index (χ4v) is 2.60. The van der Waals surface area contributed by atoms with E-state index in [2.05, 4.69) is 6.07 Å².